The van der Waals surface area contributed by atoms with Gasteiger partial charge in [0.2, 0.25) is 17.6 Å². The summed E-state index contributed by atoms with van der Waals surface area (Å²) in [4.78, 5) is 31.3. The molecule has 0 aliphatic rings. The molecule has 0 aliphatic carbocycles. The van der Waals surface area contributed by atoms with Gasteiger partial charge in [0.15, 0.2) is 6.61 Å². The van der Waals surface area contributed by atoms with Gasteiger partial charge in [-0.1, -0.05) is 22.8 Å². The lowest BCUT2D eigenvalue weighted by molar-refractivity contribution is -0.133. The van der Waals surface area contributed by atoms with Crippen LogP contribution in [0.4, 0.5) is 5.69 Å². The van der Waals surface area contributed by atoms with Gasteiger partial charge in [0.05, 0.1) is 9.90 Å². The number of hydrogen-bond donors (Lipinski definition) is 1. The molecule has 170 valence electrons. The van der Waals surface area contributed by atoms with Gasteiger partial charge < -0.3 is 19.5 Å². The molecular formula is C22H25ClN4O4S. The third kappa shape index (κ3) is 6.54. The molecule has 0 atom stereocenters. The summed E-state index contributed by atoms with van der Waals surface area (Å²) in [5.41, 5.74) is 0.556. The van der Waals surface area contributed by atoms with Crippen LogP contribution < -0.4 is 10.1 Å². The van der Waals surface area contributed by atoms with E-state index in [1.54, 1.807) is 34.4 Å². The third-order valence-corrected chi connectivity index (χ3v) is 5.85. The summed E-state index contributed by atoms with van der Waals surface area (Å²) in [6.45, 7) is 4.99. The first-order chi connectivity index (χ1) is 15.5. The van der Waals surface area contributed by atoms with E-state index < -0.39 is 0 Å². The number of amides is 2. The van der Waals surface area contributed by atoms with Crippen LogP contribution in [-0.2, 0) is 16.0 Å². The van der Waals surface area contributed by atoms with Crippen molar-refractivity contribution in [1.82, 2.24) is 15.0 Å². The van der Waals surface area contributed by atoms with Crippen molar-refractivity contribution in [3.8, 4) is 16.5 Å². The number of nitrogens with zero attached hydrogens (tertiary/aromatic N) is 3. The minimum Gasteiger partial charge on any atom is -0.482 e. The molecule has 2 amide bonds. The predicted molar refractivity (Wildman–Crippen MR) is 124 cm³/mol. The zero-order valence-corrected chi connectivity index (χ0v) is 19.5. The lowest BCUT2D eigenvalue weighted by Gasteiger charge is -2.19. The summed E-state index contributed by atoms with van der Waals surface area (Å²) in [6, 6.07) is 8.78. The number of anilines is 1. The van der Waals surface area contributed by atoms with Crippen LogP contribution in [0.1, 0.15) is 32.6 Å². The van der Waals surface area contributed by atoms with Crippen LogP contribution in [0.3, 0.4) is 0 Å². The van der Waals surface area contributed by atoms with Gasteiger partial charge in [0.1, 0.15) is 5.75 Å². The average Bonchev–Trinajstić information content (AvgIpc) is 3.46. The van der Waals surface area contributed by atoms with E-state index in [4.69, 9.17) is 20.9 Å². The fraction of sp³-hybridized carbons (Fsp3) is 0.364. The van der Waals surface area contributed by atoms with Crippen LogP contribution in [0, 0.1) is 0 Å². The average molecular weight is 477 g/mol. The summed E-state index contributed by atoms with van der Waals surface area (Å²) in [5.74, 6) is 1.21. The predicted octanol–water partition coefficient (Wildman–Crippen LogP) is 4.66. The number of ether oxygens (including phenoxy) is 1. The number of benzene rings is 1. The molecule has 8 nitrogen and oxygen atoms in total. The fourth-order valence-electron chi connectivity index (χ4n) is 2.99. The maximum absolute atomic E-state index is 12.2. The van der Waals surface area contributed by atoms with Crippen molar-refractivity contribution in [2.24, 2.45) is 0 Å². The topological polar surface area (TPSA) is 97.6 Å². The van der Waals surface area contributed by atoms with Gasteiger partial charge in [0, 0.05) is 31.6 Å². The van der Waals surface area contributed by atoms with Gasteiger partial charge in [0.25, 0.3) is 5.91 Å². The summed E-state index contributed by atoms with van der Waals surface area (Å²) in [5, 5.41) is 9.04. The van der Waals surface area contributed by atoms with E-state index in [2.05, 4.69) is 15.5 Å². The Morgan fingerprint density at radius 1 is 1.25 bits per heavy atom. The lowest BCUT2D eigenvalue weighted by atomic mass is 10.2. The summed E-state index contributed by atoms with van der Waals surface area (Å²) < 4.78 is 10.8. The summed E-state index contributed by atoms with van der Waals surface area (Å²) >= 11 is 7.79. The number of hydrogen-bond acceptors (Lipinski definition) is 7. The van der Waals surface area contributed by atoms with Gasteiger partial charge in [-0.15, -0.1) is 11.3 Å². The van der Waals surface area contributed by atoms with Crippen LogP contribution in [0.5, 0.6) is 5.75 Å². The molecule has 0 saturated carbocycles. The van der Waals surface area contributed by atoms with Crippen LogP contribution in [0.15, 0.2) is 40.2 Å². The highest BCUT2D eigenvalue weighted by Gasteiger charge is 2.13. The number of halogens is 1. The van der Waals surface area contributed by atoms with Crippen molar-refractivity contribution in [3.63, 3.8) is 0 Å². The standard InChI is InChI=1S/C22H25ClN4O4S/c1-3-27(4-2)21(29)14-30-17-11-10-15(13-16(17)23)24-19(28)8-5-9-20-25-22(26-31-20)18-7-6-12-32-18/h6-7,10-13H,3-5,8-9,14H2,1-2H3,(H,24,28). The Labute approximate surface area is 195 Å². The Bertz CT molecular complexity index is 1030. The smallest absolute Gasteiger partial charge is 0.260 e. The number of nitrogens with one attached hydrogen (secondary N) is 1. The van der Waals surface area contributed by atoms with Crippen molar-refractivity contribution in [1.29, 1.82) is 0 Å². The van der Waals surface area contributed by atoms with E-state index in [9.17, 15) is 9.59 Å². The zero-order valence-electron chi connectivity index (χ0n) is 18.0. The normalized spacial score (nSPS) is 10.7. The summed E-state index contributed by atoms with van der Waals surface area (Å²) in [7, 11) is 0. The van der Waals surface area contributed by atoms with Crippen LogP contribution in [0.25, 0.3) is 10.7 Å². The van der Waals surface area contributed by atoms with Gasteiger partial charge in [-0.05, 0) is 49.9 Å². The Kier molecular flexibility index (Phi) is 8.64. The molecule has 2 heterocycles. The minimum atomic E-state index is -0.149. The molecular weight excluding hydrogens is 452 g/mol. The fourth-order valence-corrected chi connectivity index (χ4v) is 3.87. The Balaban J connectivity index is 1.44. The zero-order chi connectivity index (χ0) is 22.9. The highest BCUT2D eigenvalue weighted by atomic mass is 35.5. The Morgan fingerprint density at radius 3 is 2.75 bits per heavy atom. The van der Waals surface area contributed by atoms with Crippen LogP contribution >= 0.6 is 22.9 Å². The van der Waals surface area contributed by atoms with Gasteiger partial charge >= 0.3 is 0 Å². The Hall–Kier alpha value is -2.91. The second-order valence-electron chi connectivity index (χ2n) is 6.89. The molecule has 0 bridgehead atoms. The molecule has 0 saturated heterocycles. The highest BCUT2D eigenvalue weighted by Crippen LogP contribution is 2.28. The molecule has 3 aromatic rings. The van der Waals surface area contributed by atoms with E-state index in [-0.39, 0.29) is 18.4 Å². The highest BCUT2D eigenvalue weighted by molar-refractivity contribution is 7.13. The number of likely N-dealkylation sites (N-methyl/N-ethyl adjacent to an activating group) is 1. The number of aryl methyl sites for hydroxylation is 1. The number of thiophene rings is 1. The number of aromatic nitrogens is 2. The van der Waals surface area contributed by atoms with E-state index in [1.807, 2.05) is 31.4 Å². The molecule has 0 radical (unpaired) electrons. The van der Waals surface area contributed by atoms with E-state index in [0.717, 1.165) is 4.88 Å². The first-order valence-corrected chi connectivity index (χ1v) is 11.6. The third-order valence-electron chi connectivity index (χ3n) is 4.69. The molecule has 0 fully saturated rings. The van der Waals surface area contributed by atoms with Crippen molar-refractivity contribution in [3.05, 3.63) is 46.6 Å². The second-order valence-corrected chi connectivity index (χ2v) is 8.25. The van der Waals surface area contributed by atoms with Crippen molar-refractivity contribution < 1.29 is 18.8 Å². The van der Waals surface area contributed by atoms with Gasteiger partial charge in [-0.3, -0.25) is 9.59 Å². The Morgan fingerprint density at radius 2 is 2.06 bits per heavy atom. The lowest BCUT2D eigenvalue weighted by Crippen LogP contribution is -2.34. The van der Waals surface area contributed by atoms with Gasteiger partial charge in [-0.25, -0.2) is 0 Å². The van der Waals surface area contributed by atoms with Crippen molar-refractivity contribution >= 4 is 40.4 Å². The SMILES string of the molecule is CCN(CC)C(=O)COc1ccc(NC(=O)CCCc2nc(-c3cccs3)no2)cc1Cl. The monoisotopic (exact) mass is 476 g/mol. The number of rotatable bonds is 11. The quantitative estimate of drug-likeness (QED) is 0.432. The molecule has 10 heteroatoms. The molecule has 32 heavy (non-hydrogen) atoms. The molecule has 1 N–H and O–H groups in total. The van der Waals surface area contributed by atoms with Crippen LogP contribution in [0.2, 0.25) is 5.02 Å². The molecule has 0 spiro atoms. The molecule has 0 unspecified atom stereocenters. The molecule has 0 aliphatic heterocycles. The molecule has 1 aromatic carbocycles. The van der Waals surface area contributed by atoms with E-state index >= 15 is 0 Å². The van der Waals surface area contributed by atoms with Crippen LogP contribution in [-0.4, -0.2) is 46.6 Å². The first-order valence-electron chi connectivity index (χ1n) is 10.4. The molecule has 3 rings (SSSR count). The molecule has 2 aromatic heterocycles. The minimum absolute atomic E-state index is 0.0863. The van der Waals surface area contributed by atoms with Gasteiger partial charge in [-0.2, -0.15) is 4.98 Å². The first kappa shape index (κ1) is 23.7. The van der Waals surface area contributed by atoms with Crippen molar-refractivity contribution in [2.75, 3.05) is 25.0 Å². The summed E-state index contributed by atoms with van der Waals surface area (Å²) in [6.07, 6.45) is 1.38. The van der Waals surface area contributed by atoms with E-state index in [1.165, 1.54) is 0 Å². The second kappa shape index (κ2) is 11.6. The van der Waals surface area contributed by atoms with Crippen molar-refractivity contribution in [2.45, 2.75) is 33.1 Å². The maximum atomic E-state index is 12.2. The maximum Gasteiger partial charge on any atom is 0.260 e. The van der Waals surface area contributed by atoms with E-state index in [0.29, 0.717) is 60.5 Å². The largest absolute Gasteiger partial charge is 0.482 e. The number of carbonyl (C=O) groups excluding carboxylic acids is 2. The number of carbonyl (C=O) groups is 2.